The molecule has 0 bridgehead atoms. The number of rotatable bonds is 1. The zero-order chi connectivity index (χ0) is 9.47. The lowest BCUT2D eigenvalue weighted by molar-refractivity contribution is -0.159. The third-order valence-electron chi connectivity index (χ3n) is 2.02. The third kappa shape index (κ3) is 1.55. The maximum atomic E-state index is 12.8. The largest absolute Gasteiger partial charge is 0.432 e. The maximum absolute atomic E-state index is 12.8. The van der Waals surface area contributed by atoms with E-state index in [0.29, 0.717) is 16.6 Å². The van der Waals surface area contributed by atoms with E-state index in [1.165, 1.54) is 0 Å². The van der Waals surface area contributed by atoms with Crippen molar-refractivity contribution in [2.75, 3.05) is 0 Å². The molecule has 13 heavy (non-hydrogen) atoms. The van der Waals surface area contributed by atoms with Gasteiger partial charge in [0.15, 0.2) is 0 Å². The summed E-state index contributed by atoms with van der Waals surface area (Å²) in [6.45, 7) is 0. The first-order valence-corrected chi connectivity index (χ1v) is 4.98. The van der Waals surface area contributed by atoms with Gasteiger partial charge in [0.2, 0.25) is 0 Å². The Balaban J connectivity index is 2.45. The molecule has 0 saturated carbocycles. The van der Waals surface area contributed by atoms with Crippen molar-refractivity contribution < 1.29 is 13.5 Å². The summed E-state index contributed by atoms with van der Waals surface area (Å²) in [7, 11) is 0. The topological polar surface area (TPSA) is 9.23 Å². The number of alkyl halides is 3. The highest BCUT2D eigenvalue weighted by atomic mass is 79.9. The van der Waals surface area contributed by atoms with Gasteiger partial charge in [-0.2, -0.15) is 8.78 Å². The van der Waals surface area contributed by atoms with Gasteiger partial charge in [0.25, 0.3) is 0 Å². The third-order valence-corrected chi connectivity index (χ3v) is 2.62. The molecule has 2 rings (SSSR count). The molecule has 1 aromatic rings. The SMILES string of the molecule is FC1(F)Cc2c(CBr)cccc2O1. The molecule has 1 aliphatic rings. The van der Waals surface area contributed by atoms with Crippen LogP contribution in [0.1, 0.15) is 11.1 Å². The fourth-order valence-electron chi connectivity index (χ4n) is 1.44. The van der Waals surface area contributed by atoms with E-state index in [1.807, 2.05) is 6.07 Å². The summed E-state index contributed by atoms with van der Waals surface area (Å²) in [6, 6.07) is 5.11. The van der Waals surface area contributed by atoms with Gasteiger partial charge in [0.05, 0.1) is 6.42 Å². The summed E-state index contributed by atoms with van der Waals surface area (Å²) in [4.78, 5) is 0. The first kappa shape index (κ1) is 8.94. The lowest BCUT2D eigenvalue weighted by Crippen LogP contribution is -2.20. The molecule has 0 N–H and O–H groups in total. The fourth-order valence-corrected chi connectivity index (χ4v) is 1.96. The number of hydrogen-bond acceptors (Lipinski definition) is 1. The van der Waals surface area contributed by atoms with Crippen LogP contribution in [-0.2, 0) is 11.8 Å². The molecular formula is C9H7BrF2O. The second-order valence-corrected chi connectivity index (χ2v) is 3.50. The second-order valence-electron chi connectivity index (χ2n) is 2.94. The Morgan fingerprint density at radius 1 is 1.46 bits per heavy atom. The highest BCUT2D eigenvalue weighted by Gasteiger charge is 2.40. The molecular weight excluding hydrogens is 242 g/mol. The lowest BCUT2D eigenvalue weighted by Gasteiger charge is -2.06. The Hall–Kier alpha value is -0.640. The molecule has 1 nitrogen and oxygen atoms in total. The summed E-state index contributed by atoms with van der Waals surface area (Å²) in [5.74, 6) is 0.307. The van der Waals surface area contributed by atoms with Gasteiger partial charge in [0.1, 0.15) is 5.75 Å². The van der Waals surface area contributed by atoms with E-state index in [0.717, 1.165) is 5.56 Å². The molecule has 0 amide bonds. The summed E-state index contributed by atoms with van der Waals surface area (Å²) in [5, 5.41) is 0.579. The van der Waals surface area contributed by atoms with Crippen LogP contribution in [0.15, 0.2) is 18.2 Å². The fraction of sp³-hybridized carbons (Fsp3) is 0.333. The van der Waals surface area contributed by atoms with Crippen LogP contribution in [0.25, 0.3) is 0 Å². The molecule has 0 aromatic heterocycles. The Morgan fingerprint density at radius 2 is 2.23 bits per heavy atom. The Kier molecular flexibility index (Phi) is 2.02. The number of benzene rings is 1. The van der Waals surface area contributed by atoms with Crippen molar-refractivity contribution in [3.05, 3.63) is 29.3 Å². The summed E-state index contributed by atoms with van der Waals surface area (Å²) in [5.41, 5.74) is 1.49. The Bertz CT molecular complexity index is 338. The van der Waals surface area contributed by atoms with Gasteiger partial charge in [0, 0.05) is 10.9 Å². The van der Waals surface area contributed by atoms with Crippen molar-refractivity contribution in [3.8, 4) is 5.75 Å². The van der Waals surface area contributed by atoms with Crippen molar-refractivity contribution in [1.29, 1.82) is 0 Å². The standard InChI is InChI=1S/C9H7BrF2O/c10-5-6-2-1-3-8-7(6)4-9(11,12)13-8/h1-3H,4-5H2. The van der Waals surface area contributed by atoms with Crippen LogP contribution in [0.2, 0.25) is 0 Å². The highest BCUT2D eigenvalue weighted by Crippen LogP contribution is 2.39. The zero-order valence-electron chi connectivity index (χ0n) is 6.69. The molecule has 0 radical (unpaired) electrons. The van der Waals surface area contributed by atoms with E-state index in [4.69, 9.17) is 0 Å². The second kappa shape index (κ2) is 2.94. The molecule has 0 aliphatic carbocycles. The van der Waals surface area contributed by atoms with Gasteiger partial charge < -0.3 is 4.74 Å². The molecule has 1 aliphatic heterocycles. The first-order valence-electron chi connectivity index (χ1n) is 3.86. The minimum Gasteiger partial charge on any atom is -0.432 e. The average Bonchev–Trinajstić information content (AvgIpc) is 2.37. The van der Waals surface area contributed by atoms with Crippen LogP contribution >= 0.6 is 15.9 Å². The van der Waals surface area contributed by atoms with E-state index in [1.54, 1.807) is 12.1 Å². The number of fused-ring (bicyclic) bond motifs is 1. The van der Waals surface area contributed by atoms with Gasteiger partial charge in [-0.3, -0.25) is 0 Å². The minimum absolute atomic E-state index is 0.307. The molecule has 0 spiro atoms. The molecule has 4 heteroatoms. The molecule has 1 heterocycles. The molecule has 0 fully saturated rings. The first-order chi connectivity index (χ1) is 6.12. The highest BCUT2D eigenvalue weighted by molar-refractivity contribution is 9.08. The van der Waals surface area contributed by atoms with Crippen LogP contribution in [0.5, 0.6) is 5.75 Å². The quantitative estimate of drug-likeness (QED) is 0.695. The summed E-state index contributed by atoms with van der Waals surface area (Å²) < 4.78 is 30.1. The van der Waals surface area contributed by atoms with Crippen molar-refractivity contribution in [2.45, 2.75) is 17.9 Å². The van der Waals surface area contributed by atoms with E-state index >= 15 is 0 Å². The van der Waals surface area contributed by atoms with Crippen LogP contribution in [-0.4, -0.2) is 6.11 Å². The van der Waals surface area contributed by atoms with Gasteiger partial charge in [-0.05, 0) is 11.6 Å². The summed E-state index contributed by atoms with van der Waals surface area (Å²) >= 11 is 3.25. The van der Waals surface area contributed by atoms with E-state index in [2.05, 4.69) is 20.7 Å². The van der Waals surface area contributed by atoms with E-state index in [-0.39, 0.29) is 6.42 Å². The number of ether oxygens (including phenoxy) is 1. The van der Waals surface area contributed by atoms with Gasteiger partial charge in [-0.1, -0.05) is 28.1 Å². The molecule has 0 atom stereocenters. The smallest absolute Gasteiger partial charge is 0.402 e. The van der Waals surface area contributed by atoms with Crippen LogP contribution < -0.4 is 4.74 Å². The Morgan fingerprint density at radius 3 is 2.92 bits per heavy atom. The zero-order valence-corrected chi connectivity index (χ0v) is 8.27. The van der Waals surface area contributed by atoms with Crippen LogP contribution in [0, 0.1) is 0 Å². The average molecular weight is 249 g/mol. The predicted octanol–water partition coefficient (Wildman–Crippen LogP) is 3.11. The normalized spacial score (nSPS) is 18.1. The maximum Gasteiger partial charge on any atom is 0.402 e. The van der Waals surface area contributed by atoms with Crippen LogP contribution in [0.4, 0.5) is 8.78 Å². The predicted molar refractivity (Wildman–Crippen MR) is 48.4 cm³/mol. The monoisotopic (exact) mass is 248 g/mol. The molecule has 1 aromatic carbocycles. The molecule has 70 valence electrons. The summed E-state index contributed by atoms with van der Waals surface area (Å²) in [6.07, 6.45) is -3.34. The van der Waals surface area contributed by atoms with Gasteiger partial charge >= 0.3 is 6.11 Å². The molecule has 0 unspecified atom stereocenters. The lowest BCUT2D eigenvalue weighted by atomic mass is 10.1. The van der Waals surface area contributed by atoms with Crippen molar-refractivity contribution in [1.82, 2.24) is 0 Å². The van der Waals surface area contributed by atoms with Crippen molar-refractivity contribution in [2.24, 2.45) is 0 Å². The van der Waals surface area contributed by atoms with Crippen molar-refractivity contribution in [3.63, 3.8) is 0 Å². The number of halogens is 3. The molecule has 0 saturated heterocycles. The van der Waals surface area contributed by atoms with Gasteiger partial charge in [-0.15, -0.1) is 0 Å². The minimum atomic E-state index is -3.03. The Labute approximate surface area is 82.8 Å². The van der Waals surface area contributed by atoms with Crippen LogP contribution in [0.3, 0.4) is 0 Å². The van der Waals surface area contributed by atoms with Gasteiger partial charge in [-0.25, -0.2) is 0 Å². The van der Waals surface area contributed by atoms with E-state index < -0.39 is 6.11 Å². The van der Waals surface area contributed by atoms with E-state index in [9.17, 15) is 8.78 Å². The number of hydrogen-bond donors (Lipinski definition) is 0. The van der Waals surface area contributed by atoms with Crippen molar-refractivity contribution >= 4 is 15.9 Å².